The molecule has 4 atom stereocenters. The van der Waals surface area contributed by atoms with E-state index in [9.17, 15) is 33.6 Å². The highest BCUT2D eigenvalue weighted by Crippen LogP contribution is 2.63. The van der Waals surface area contributed by atoms with Gasteiger partial charge in [-0.25, -0.2) is 4.39 Å². The average molecular weight is 881 g/mol. The van der Waals surface area contributed by atoms with Crippen LogP contribution in [-0.2, 0) is 24.6 Å². The monoisotopic (exact) mass is 879 g/mol. The molecule has 4 aromatic carbocycles. The molecule has 17 heteroatoms. The molecule has 4 aliphatic heterocycles. The van der Waals surface area contributed by atoms with Gasteiger partial charge in [-0.05, 0) is 85.0 Å². The second kappa shape index (κ2) is 15.9. The molecule has 9 rings (SSSR count). The lowest BCUT2D eigenvalue weighted by Gasteiger charge is -2.47. The number of fused-ring (bicyclic) bond motifs is 4. The summed E-state index contributed by atoms with van der Waals surface area (Å²) in [4.78, 5) is 93.9. The van der Waals surface area contributed by atoms with Crippen LogP contribution in [0, 0.1) is 5.82 Å². The fourth-order valence-corrected chi connectivity index (χ4v) is 10.6. The van der Waals surface area contributed by atoms with Crippen LogP contribution in [0.1, 0.15) is 93.1 Å². The zero-order chi connectivity index (χ0) is 43.5. The highest BCUT2D eigenvalue weighted by Gasteiger charge is 2.72. The number of piperidine rings is 1. The first-order valence-electron chi connectivity index (χ1n) is 20.5. The number of carbonyl (C=O) groups excluding carboxylic acids is 7. The highest BCUT2D eigenvalue weighted by molar-refractivity contribution is 6.31. The Labute approximate surface area is 364 Å². The Morgan fingerprint density at radius 1 is 0.855 bits per heavy atom. The number of benzene rings is 4. The van der Waals surface area contributed by atoms with Crippen LogP contribution in [0.25, 0.3) is 0 Å². The number of rotatable bonds is 9. The first kappa shape index (κ1) is 41.2. The second-order valence-electron chi connectivity index (χ2n) is 16.3. The van der Waals surface area contributed by atoms with Crippen LogP contribution >= 0.6 is 23.2 Å². The molecule has 0 bridgehead atoms. The van der Waals surface area contributed by atoms with Gasteiger partial charge in [0, 0.05) is 58.6 Å². The molecule has 0 radical (unpaired) electrons. The van der Waals surface area contributed by atoms with Crippen LogP contribution in [0.2, 0.25) is 10.0 Å². The van der Waals surface area contributed by atoms with Gasteiger partial charge in [0.15, 0.2) is 0 Å². The normalized spacial score (nSPS) is 23.6. The van der Waals surface area contributed by atoms with Gasteiger partial charge >= 0.3 is 0 Å². The van der Waals surface area contributed by atoms with Gasteiger partial charge in [0.05, 0.1) is 22.2 Å². The molecule has 0 aromatic heterocycles. The van der Waals surface area contributed by atoms with Crippen molar-refractivity contribution in [3.05, 3.63) is 123 Å². The molecule has 62 heavy (non-hydrogen) atoms. The summed E-state index contributed by atoms with van der Waals surface area (Å²) in [7, 11) is 0. The summed E-state index contributed by atoms with van der Waals surface area (Å²) in [5, 5.41) is 17.9. The number of hydrogen-bond acceptors (Lipinski definition) is 9. The molecule has 6 N–H and O–H groups in total. The maximum atomic E-state index is 16.2. The topological polar surface area (TPSA) is 195 Å². The Bertz CT molecular complexity index is 2600. The van der Waals surface area contributed by atoms with Crippen molar-refractivity contribution in [1.29, 1.82) is 0 Å². The molecule has 14 nitrogen and oxygen atoms in total. The lowest BCUT2D eigenvalue weighted by molar-refractivity contribution is -0.136. The van der Waals surface area contributed by atoms with Crippen LogP contribution < -0.4 is 31.9 Å². The summed E-state index contributed by atoms with van der Waals surface area (Å²) < 4.78 is 16.2. The summed E-state index contributed by atoms with van der Waals surface area (Å²) in [6, 6.07) is 18.6. The molecule has 2 spiro atoms. The summed E-state index contributed by atoms with van der Waals surface area (Å²) in [5.41, 5.74) is 0.239. The average Bonchev–Trinajstić information content (AvgIpc) is 3.81. The third-order valence-electron chi connectivity index (χ3n) is 12.9. The lowest BCUT2D eigenvalue weighted by atomic mass is 9.55. The van der Waals surface area contributed by atoms with Crippen molar-refractivity contribution in [2.75, 3.05) is 29.0 Å². The van der Waals surface area contributed by atoms with Gasteiger partial charge < -0.3 is 21.3 Å². The number of hydrogen-bond donors (Lipinski definition) is 6. The van der Waals surface area contributed by atoms with E-state index in [1.54, 1.807) is 66.7 Å². The van der Waals surface area contributed by atoms with Crippen molar-refractivity contribution in [3.63, 3.8) is 0 Å². The van der Waals surface area contributed by atoms with Gasteiger partial charge in [0.2, 0.25) is 23.6 Å². The van der Waals surface area contributed by atoms with Crippen molar-refractivity contribution in [2.45, 2.75) is 73.9 Å². The summed E-state index contributed by atoms with van der Waals surface area (Å²) in [6.45, 7) is 0.304. The minimum Gasteiger partial charge on any atom is -0.383 e. The number of nitrogens with zero attached hydrogens (tertiary/aromatic N) is 1. The Kier molecular flexibility index (Phi) is 10.6. The van der Waals surface area contributed by atoms with Crippen molar-refractivity contribution in [3.8, 4) is 0 Å². The zero-order valence-corrected chi connectivity index (χ0v) is 34.6. The lowest BCUT2D eigenvalue weighted by Crippen LogP contribution is -2.60. The third-order valence-corrected chi connectivity index (χ3v) is 13.4. The molecule has 318 valence electrons. The molecule has 5 aliphatic rings. The van der Waals surface area contributed by atoms with E-state index < -0.39 is 70.2 Å². The van der Waals surface area contributed by atoms with Crippen molar-refractivity contribution >= 4 is 81.6 Å². The minimum absolute atomic E-state index is 0.00631. The van der Waals surface area contributed by atoms with E-state index >= 15 is 4.39 Å². The van der Waals surface area contributed by atoms with Crippen LogP contribution in [-0.4, -0.2) is 77.0 Å². The second-order valence-corrected chi connectivity index (χ2v) is 17.1. The number of nitrogens with one attached hydrogen (secondary N) is 6. The quantitative estimate of drug-likeness (QED) is 0.0909. The molecule has 4 aromatic rings. The highest BCUT2D eigenvalue weighted by atomic mass is 35.5. The van der Waals surface area contributed by atoms with E-state index in [1.807, 2.05) is 0 Å². The number of carbonyl (C=O) groups is 7. The molecular formula is C45H40Cl2FN7O7. The van der Waals surface area contributed by atoms with Crippen molar-refractivity contribution in [2.24, 2.45) is 0 Å². The molecule has 3 fully saturated rings. The molecule has 4 unspecified atom stereocenters. The first-order valence-corrected chi connectivity index (χ1v) is 21.2. The van der Waals surface area contributed by atoms with E-state index in [-0.39, 0.29) is 53.6 Å². The number of anilines is 3. The maximum absolute atomic E-state index is 16.2. The molecule has 4 heterocycles. The largest absolute Gasteiger partial charge is 0.383 e. The van der Waals surface area contributed by atoms with E-state index in [2.05, 4.69) is 31.9 Å². The summed E-state index contributed by atoms with van der Waals surface area (Å²) in [6.07, 6.45) is 3.72. The van der Waals surface area contributed by atoms with Gasteiger partial charge in [-0.2, -0.15) is 0 Å². The Hall–Kier alpha value is -6.16. The van der Waals surface area contributed by atoms with Gasteiger partial charge in [-0.1, -0.05) is 66.7 Å². The van der Waals surface area contributed by atoms with E-state index in [0.717, 1.165) is 24.2 Å². The van der Waals surface area contributed by atoms with Crippen LogP contribution in [0.4, 0.5) is 21.5 Å². The third kappa shape index (κ3) is 6.61. The van der Waals surface area contributed by atoms with Crippen molar-refractivity contribution < 1.29 is 38.0 Å². The molecular weight excluding hydrogens is 840 g/mol. The Morgan fingerprint density at radius 2 is 1.61 bits per heavy atom. The summed E-state index contributed by atoms with van der Waals surface area (Å²) >= 11 is 12.7. The van der Waals surface area contributed by atoms with E-state index in [0.29, 0.717) is 46.1 Å². The fraction of sp³-hybridized carbons (Fsp3) is 0.311. The van der Waals surface area contributed by atoms with Gasteiger partial charge in [-0.15, -0.1) is 0 Å². The van der Waals surface area contributed by atoms with E-state index in [1.165, 1.54) is 12.1 Å². The predicted molar refractivity (Wildman–Crippen MR) is 228 cm³/mol. The number of halogens is 3. The van der Waals surface area contributed by atoms with Crippen molar-refractivity contribution in [1.82, 2.24) is 20.9 Å². The predicted octanol–water partition coefficient (Wildman–Crippen LogP) is 5.66. The SMILES string of the molecule is O=C1CCC(N2C(=O)c3cccc(NCCNC(=O)c4ccc(NC(=O)C5NC6(CCCCC6)C6(C(=O)Nc7cc(Cl)ccc76)C5c5cccc(Cl)c5F)cc4)c3C2=O)C(=O)N1. The van der Waals surface area contributed by atoms with E-state index in [4.69, 9.17) is 23.2 Å². The van der Waals surface area contributed by atoms with Crippen LogP contribution in [0.3, 0.4) is 0 Å². The Balaban J connectivity index is 0.894. The fourth-order valence-electron chi connectivity index (χ4n) is 10.3. The molecule has 1 saturated carbocycles. The number of imide groups is 2. The Morgan fingerprint density at radius 3 is 2.37 bits per heavy atom. The summed E-state index contributed by atoms with van der Waals surface area (Å²) in [5.74, 6) is -5.42. The van der Waals surface area contributed by atoms with Gasteiger partial charge in [0.25, 0.3) is 17.7 Å². The zero-order valence-electron chi connectivity index (χ0n) is 33.0. The molecule has 1 aliphatic carbocycles. The maximum Gasteiger partial charge on any atom is 0.264 e. The minimum atomic E-state index is -1.39. The smallest absolute Gasteiger partial charge is 0.264 e. The molecule has 7 amide bonds. The van der Waals surface area contributed by atoms with Gasteiger partial charge in [-0.3, -0.25) is 49.1 Å². The van der Waals surface area contributed by atoms with Crippen LogP contribution in [0.5, 0.6) is 0 Å². The van der Waals surface area contributed by atoms with Gasteiger partial charge in [0.1, 0.15) is 17.3 Å². The number of amides is 7. The standard InChI is InChI=1S/C45H40Cl2FN7O7/c46-24-12-15-28-31(22-24)52-43(62)45(28)35(27-7-4-8-29(47)36(27)48)37(54-44(45)18-2-1-3-19-44)40(59)51-25-13-10-23(11-14-25)38(57)50-21-20-49-30-9-5-6-26-34(30)42(61)55(41(26)60)32-16-17-33(56)53-39(32)58/h4-15,22,32,35,37,49,54H,1-3,16-21H2,(H,50,57)(H,51,59)(H,52,62)(H,53,56,58). The molecule has 2 saturated heterocycles. The van der Waals surface area contributed by atoms with Crippen LogP contribution in [0.15, 0.2) is 78.9 Å². The first-order chi connectivity index (χ1) is 29.8.